The van der Waals surface area contributed by atoms with Gasteiger partial charge in [0.2, 0.25) is 5.91 Å². The van der Waals surface area contributed by atoms with Crippen molar-refractivity contribution >= 4 is 46.8 Å². The number of nitrogens with zero attached hydrogens (tertiary/aromatic N) is 2. The van der Waals surface area contributed by atoms with Crippen LogP contribution >= 0.6 is 23.4 Å². The van der Waals surface area contributed by atoms with E-state index in [0.29, 0.717) is 5.69 Å². The van der Waals surface area contributed by atoms with Crippen LogP contribution in [0.3, 0.4) is 0 Å². The highest BCUT2D eigenvalue weighted by Crippen LogP contribution is 2.44. The number of carboxylic acids is 1. The average Bonchev–Trinajstić information content (AvgIpc) is 2.59. The zero-order chi connectivity index (χ0) is 17.4. The third-order valence-electron chi connectivity index (χ3n) is 3.85. The van der Waals surface area contributed by atoms with Crippen molar-refractivity contribution < 1.29 is 19.5 Å². The topological polar surface area (TPSA) is 104 Å². The second kappa shape index (κ2) is 6.46. The molecule has 0 bridgehead atoms. The monoisotopic (exact) mass is 367 g/mol. The van der Waals surface area contributed by atoms with Crippen LogP contribution in [0.4, 0.5) is 5.69 Å². The Hall–Kier alpha value is -2.03. The predicted octanol–water partition coefficient (Wildman–Crippen LogP) is 0.797. The lowest BCUT2D eigenvalue weighted by molar-refractivity contribution is -0.148. The fourth-order valence-corrected chi connectivity index (χ4v) is 4.41. The molecule has 2 heterocycles. The highest BCUT2D eigenvalue weighted by molar-refractivity contribution is 8.00. The molecule has 1 unspecified atom stereocenters. The molecule has 1 aromatic rings. The molecule has 3 N–H and O–H groups in total. The number of carboxylic acid groups (broad SMARTS) is 1. The van der Waals surface area contributed by atoms with Crippen LogP contribution in [-0.4, -0.2) is 51.5 Å². The molecule has 2 aliphatic heterocycles. The molecule has 0 saturated carbocycles. The molecule has 0 aromatic heterocycles. The zero-order valence-electron chi connectivity index (χ0n) is 12.4. The number of carbonyl (C=O) groups is 3. The Morgan fingerprint density at radius 1 is 1.38 bits per heavy atom. The van der Waals surface area contributed by atoms with Crippen LogP contribution in [-0.2, 0) is 14.4 Å². The molecule has 1 saturated heterocycles. The fourth-order valence-electron chi connectivity index (χ4n) is 2.81. The Balaban J connectivity index is 1.97. The van der Waals surface area contributed by atoms with E-state index in [0.717, 1.165) is 4.90 Å². The maximum Gasteiger partial charge on any atom is 0.353 e. The van der Waals surface area contributed by atoms with E-state index in [-0.39, 0.29) is 23.0 Å². The van der Waals surface area contributed by atoms with E-state index < -0.39 is 29.2 Å². The van der Waals surface area contributed by atoms with Crippen molar-refractivity contribution in [3.05, 3.63) is 41.1 Å². The second-order valence-corrected chi connectivity index (χ2v) is 6.78. The van der Waals surface area contributed by atoms with Gasteiger partial charge in [-0.15, -0.1) is 11.8 Å². The number of hydrogen-bond acceptors (Lipinski definition) is 5. The van der Waals surface area contributed by atoms with E-state index in [9.17, 15) is 19.5 Å². The lowest BCUT2D eigenvalue weighted by Gasteiger charge is -2.52. The second-order valence-electron chi connectivity index (χ2n) is 5.22. The molecule has 9 heteroatoms. The van der Waals surface area contributed by atoms with Crippen molar-refractivity contribution in [2.75, 3.05) is 17.2 Å². The summed E-state index contributed by atoms with van der Waals surface area (Å²) in [5.41, 5.74) is 5.82. The molecule has 2 amide bonds. The van der Waals surface area contributed by atoms with Crippen molar-refractivity contribution in [1.29, 1.82) is 0 Å². The minimum absolute atomic E-state index is 0.118. The SMILES string of the molecule is NCC(=O)N(c1ccccc1)C1C(=O)N2C(C(=O)O)=C(Cl)CS[C@@H]12. The van der Waals surface area contributed by atoms with Crippen LogP contribution in [0.1, 0.15) is 0 Å². The number of fused-ring (bicyclic) bond motifs is 1. The van der Waals surface area contributed by atoms with Gasteiger partial charge in [-0.05, 0) is 12.1 Å². The molecule has 1 fully saturated rings. The van der Waals surface area contributed by atoms with E-state index >= 15 is 0 Å². The van der Waals surface area contributed by atoms with E-state index in [4.69, 9.17) is 17.3 Å². The first-order valence-electron chi connectivity index (χ1n) is 7.11. The highest BCUT2D eigenvalue weighted by Gasteiger charge is 2.57. The van der Waals surface area contributed by atoms with Crippen molar-refractivity contribution in [2.45, 2.75) is 11.4 Å². The lowest BCUT2D eigenvalue weighted by atomic mass is 10.0. The Morgan fingerprint density at radius 2 is 2.04 bits per heavy atom. The van der Waals surface area contributed by atoms with Crippen molar-refractivity contribution in [3.8, 4) is 0 Å². The maximum atomic E-state index is 12.6. The largest absolute Gasteiger partial charge is 0.477 e. The standard InChI is InChI=1S/C15H14ClN3O4S/c16-9-7-24-14-12(13(21)19(14)11(9)15(22)23)18(10(20)6-17)8-4-2-1-3-5-8/h1-5,12,14H,6-7,17H2,(H,22,23)/t12?,14-/m0/s1. The number of aliphatic carboxylic acids is 1. The molecule has 0 spiro atoms. The number of carbonyl (C=O) groups excluding carboxylic acids is 2. The summed E-state index contributed by atoms with van der Waals surface area (Å²) in [6, 6.07) is 7.91. The molecule has 2 atom stereocenters. The maximum absolute atomic E-state index is 12.6. The van der Waals surface area contributed by atoms with Crippen LogP contribution in [0, 0.1) is 0 Å². The van der Waals surface area contributed by atoms with Gasteiger partial charge >= 0.3 is 5.97 Å². The van der Waals surface area contributed by atoms with Gasteiger partial charge in [-0.25, -0.2) is 4.79 Å². The third kappa shape index (κ3) is 2.56. The van der Waals surface area contributed by atoms with Crippen LogP contribution in [0.2, 0.25) is 0 Å². The number of benzene rings is 1. The van der Waals surface area contributed by atoms with Crippen molar-refractivity contribution in [2.24, 2.45) is 5.73 Å². The molecule has 1 aromatic carbocycles. The Labute approximate surface area is 147 Å². The predicted molar refractivity (Wildman–Crippen MR) is 90.4 cm³/mol. The number of anilines is 1. The summed E-state index contributed by atoms with van der Waals surface area (Å²) >= 11 is 7.28. The first-order valence-corrected chi connectivity index (χ1v) is 8.53. The number of nitrogens with two attached hydrogens (primary N) is 1. The first kappa shape index (κ1) is 16.8. The van der Waals surface area contributed by atoms with E-state index in [1.54, 1.807) is 30.3 Å². The number of β-lactam (4-membered cyclic amide) rings is 1. The molecule has 126 valence electrons. The van der Waals surface area contributed by atoms with Gasteiger partial charge in [-0.2, -0.15) is 0 Å². The number of halogens is 1. The molecule has 7 nitrogen and oxygen atoms in total. The van der Waals surface area contributed by atoms with Crippen molar-refractivity contribution in [3.63, 3.8) is 0 Å². The lowest BCUT2D eigenvalue weighted by Crippen LogP contribution is -2.72. The van der Waals surface area contributed by atoms with Crippen LogP contribution < -0.4 is 10.6 Å². The van der Waals surface area contributed by atoms with Gasteiger partial charge in [0.1, 0.15) is 17.1 Å². The summed E-state index contributed by atoms with van der Waals surface area (Å²) in [5.74, 6) is -1.87. The molecular weight excluding hydrogens is 354 g/mol. The van der Waals surface area contributed by atoms with Crippen LogP contribution in [0.5, 0.6) is 0 Å². The van der Waals surface area contributed by atoms with Gasteiger partial charge < -0.3 is 10.8 Å². The molecule has 0 aliphatic carbocycles. The normalized spacial score (nSPS) is 22.8. The Kier molecular flexibility index (Phi) is 4.53. The molecule has 0 radical (unpaired) electrons. The summed E-state index contributed by atoms with van der Waals surface area (Å²) in [5, 5.41) is 8.92. The minimum Gasteiger partial charge on any atom is -0.477 e. The van der Waals surface area contributed by atoms with Crippen LogP contribution in [0.25, 0.3) is 0 Å². The van der Waals surface area contributed by atoms with E-state index in [1.165, 1.54) is 16.7 Å². The van der Waals surface area contributed by atoms with Gasteiger partial charge in [-0.3, -0.25) is 19.4 Å². The van der Waals surface area contributed by atoms with E-state index in [2.05, 4.69) is 0 Å². The molecular formula is C15H14ClN3O4S. The molecule has 3 rings (SSSR count). The van der Waals surface area contributed by atoms with Gasteiger partial charge in [0.15, 0.2) is 0 Å². The zero-order valence-corrected chi connectivity index (χ0v) is 14.0. The highest BCUT2D eigenvalue weighted by atomic mass is 35.5. The minimum atomic E-state index is -1.26. The number of thioether (sulfide) groups is 1. The first-order chi connectivity index (χ1) is 11.5. The van der Waals surface area contributed by atoms with Crippen LogP contribution in [0.15, 0.2) is 41.1 Å². The Morgan fingerprint density at radius 3 is 2.62 bits per heavy atom. The number of para-hydroxylation sites is 1. The number of amides is 2. The van der Waals surface area contributed by atoms with Gasteiger partial charge in [0, 0.05) is 11.4 Å². The van der Waals surface area contributed by atoms with Crippen molar-refractivity contribution in [1.82, 2.24) is 4.90 Å². The summed E-state index contributed by atoms with van der Waals surface area (Å²) in [7, 11) is 0. The summed E-state index contributed by atoms with van der Waals surface area (Å²) in [4.78, 5) is 38.8. The average molecular weight is 368 g/mol. The third-order valence-corrected chi connectivity index (χ3v) is 5.59. The van der Waals surface area contributed by atoms with E-state index in [1.807, 2.05) is 0 Å². The number of hydrogen-bond donors (Lipinski definition) is 2. The summed E-state index contributed by atoms with van der Waals surface area (Å²) < 4.78 is 0. The quantitative estimate of drug-likeness (QED) is 0.763. The Bertz CT molecular complexity index is 739. The molecule has 2 aliphatic rings. The van der Waals surface area contributed by atoms with Gasteiger partial charge in [-0.1, -0.05) is 29.8 Å². The number of rotatable bonds is 4. The smallest absolute Gasteiger partial charge is 0.353 e. The van der Waals surface area contributed by atoms with Gasteiger partial charge in [0.05, 0.1) is 11.6 Å². The van der Waals surface area contributed by atoms with Gasteiger partial charge in [0.25, 0.3) is 5.91 Å². The fraction of sp³-hybridized carbons (Fsp3) is 0.267. The summed E-state index contributed by atoms with van der Waals surface area (Å²) in [6.45, 7) is -0.252. The molecule has 24 heavy (non-hydrogen) atoms. The summed E-state index contributed by atoms with van der Waals surface area (Å²) in [6.07, 6.45) is 0.